The summed E-state index contributed by atoms with van der Waals surface area (Å²) in [6.45, 7) is 10.5. The van der Waals surface area contributed by atoms with Crippen molar-refractivity contribution in [2.24, 2.45) is 41.8 Å². The monoisotopic (exact) mass is 768 g/mol. The average molecular weight is 769 g/mol. The number of rotatable bonds is 19. The predicted octanol–water partition coefficient (Wildman–Crippen LogP) is 9.19. The van der Waals surface area contributed by atoms with Crippen LogP contribution in [0.2, 0.25) is 0 Å². The molecule has 0 spiro atoms. The van der Waals surface area contributed by atoms with Crippen LogP contribution in [0.5, 0.6) is 23.0 Å². The molecule has 2 atom stereocenters. The number of phenolic OH excluding ortho intramolecular Hbond substituents is 2. The Morgan fingerprint density at radius 2 is 1.09 bits per heavy atom. The zero-order chi connectivity index (χ0) is 39.7. The Balaban J connectivity index is 1.23. The molecular weight excluding hydrogens is 717 g/mol. The normalized spacial score (nSPS) is 15.7. The Hall–Kier alpha value is -6.04. The van der Waals surface area contributed by atoms with Crippen molar-refractivity contribution >= 4 is 35.4 Å². The van der Waals surface area contributed by atoms with Crippen LogP contribution < -0.4 is 9.47 Å². The largest absolute Gasteiger partial charge is 0.507 e. The van der Waals surface area contributed by atoms with Crippen LogP contribution in [0.25, 0.3) is 0 Å². The van der Waals surface area contributed by atoms with Crippen LogP contribution in [0.3, 0.4) is 0 Å². The minimum absolute atomic E-state index is 0.0326. The quantitative estimate of drug-likeness (QED) is 0.0979. The van der Waals surface area contributed by atoms with Gasteiger partial charge in [-0.05, 0) is 66.6 Å². The molecule has 12 nitrogen and oxygen atoms in total. The summed E-state index contributed by atoms with van der Waals surface area (Å²) in [5.74, 6) is 3.49. The number of aromatic nitrogens is 1. The molecule has 2 unspecified atom stereocenters. The highest BCUT2D eigenvalue weighted by atomic mass is 16.5. The van der Waals surface area contributed by atoms with E-state index in [9.17, 15) is 10.2 Å². The molecule has 4 aromatic rings. The lowest BCUT2D eigenvalue weighted by Gasteiger charge is -2.30. The first-order chi connectivity index (χ1) is 27.9. The van der Waals surface area contributed by atoms with Crippen molar-refractivity contribution in [2.75, 3.05) is 13.2 Å². The summed E-state index contributed by atoms with van der Waals surface area (Å²) in [4.78, 5) is 30.6. The van der Waals surface area contributed by atoms with Crippen LogP contribution in [0.4, 0.5) is 0 Å². The fourth-order valence-electron chi connectivity index (χ4n) is 6.98. The third kappa shape index (κ3) is 9.17. The van der Waals surface area contributed by atoms with Gasteiger partial charge in [-0.1, -0.05) is 96.6 Å². The summed E-state index contributed by atoms with van der Waals surface area (Å²) in [6, 6.07) is 24.4. The Labute approximate surface area is 334 Å². The summed E-state index contributed by atoms with van der Waals surface area (Å²) in [5, 5.41) is 22.6. The number of aliphatic imine (C=N–C) groups is 6. The minimum Gasteiger partial charge on any atom is -0.507 e. The predicted molar refractivity (Wildman–Crippen MR) is 228 cm³/mol. The number of ether oxygens (including phenoxy) is 2. The summed E-state index contributed by atoms with van der Waals surface area (Å²) in [6.07, 6.45) is 10.9. The lowest BCUT2D eigenvalue weighted by molar-refractivity contribution is 0.232. The van der Waals surface area contributed by atoms with E-state index >= 15 is 0 Å². The summed E-state index contributed by atoms with van der Waals surface area (Å²) >= 11 is 0. The number of unbranched alkanes of at least 4 members (excludes halogenated alkanes) is 2. The van der Waals surface area contributed by atoms with Gasteiger partial charge in [-0.25, -0.2) is 4.90 Å². The van der Waals surface area contributed by atoms with E-state index in [1.807, 2.05) is 48.7 Å². The van der Waals surface area contributed by atoms with Crippen LogP contribution in [-0.2, 0) is 6.54 Å². The van der Waals surface area contributed by atoms with Gasteiger partial charge in [-0.15, -0.1) is 0 Å². The highest BCUT2D eigenvalue weighted by Crippen LogP contribution is 2.31. The van der Waals surface area contributed by atoms with E-state index in [1.165, 1.54) is 0 Å². The van der Waals surface area contributed by atoms with Crippen molar-refractivity contribution in [3.05, 3.63) is 107 Å². The third-order valence-corrected chi connectivity index (χ3v) is 10.6. The number of amidine groups is 3. The molecule has 3 aromatic carbocycles. The van der Waals surface area contributed by atoms with E-state index in [4.69, 9.17) is 39.4 Å². The number of benzene rings is 3. The van der Waals surface area contributed by atoms with Gasteiger partial charge in [0.2, 0.25) is 17.9 Å². The maximum Gasteiger partial charge on any atom is 0.243 e. The lowest BCUT2D eigenvalue weighted by Crippen LogP contribution is -2.48. The van der Waals surface area contributed by atoms with Crippen LogP contribution in [-0.4, -0.2) is 68.3 Å². The minimum atomic E-state index is -0.0326. The molecule has 2 N–H and O–H groups in total. The van der Waals surface area contributed by atoms with Gasteiger partial charge >= 0.3 is 0 Å². The van der Waals surface area contributed by atoms with E-state index in [0.29, 0.717) is 60.1 Å². The number of guanidine groups is 3. The average Bonchev–Trinajstić information content (AvgIpc) is 3.69. The highest BCUT2D eigenvalue weighted by Gasteiger charge is 2.37. The van der Waals surface area contributed by atoms with Gasteiger partial charge in [0, 0.05) is 24.9 Å². The maximum atomic E-state index is 11.3. The second kappa shape index (κ2) is 18.3. The molecule has 1 aromatic heterocycles. The number of nitrogens with zero attached hydrogens (tertiary/aromatic N) is 8. The molecule has 296 valence electrons. The molecule has 4 heterocycles. The Bertz CT molecular complexity index is 2170. The van der Waals surface area contributed by atoms with E-state index in [0.717, 1.165) is 62.6 Å². The zero-order valence-corrected chi connectivity index (χ0v) is 33.3. The first-order valence-corrected chi connectivity index (χ1v) is 20.3. The summed E-state index contributed by atoms with van der Waals surface area (Å²) < 4.78 is 14.3. The van der Waals surface area contributed by atoms with E-state index in [-0.39, 0.29) is 41.0 Å². The Morgan fingerprint density at radius 1 is 0.579 bits per heavy atom. The van der Waals surface area contributed by atoms with Gasteiger partial charge in [-0.3, -0.25) is 0 Å². The molecule has 3 aliphatic heterocycles. The fourth-order valence-corrected chi connectivity index (χ4v) is 6.98. The van der Waals surface area contributed by atoms with Crippen LogP contribution in [0, 0.1) is 11.8 Å². The molecule has 0 saturated carbocycles. The van der Waals surface area contributed by atoms with Crippen LogP contribution in [0.15, 0.2) is 115 Å². The molecule has 7 rings (SSSR count). The second-order valence-corrected chi connectivity index (χ2v) is 14.7. The molecule has 0 bridgehead atoms. The molecule has 0 fully saturated rings. The van der Waals surface area contributed by atoms with Crippen LogP contribution >= 0.6 is 0 Å². The van der Waals surface area contributed by atoms with Crippen LogP contribution in [0.1, 0.15) is 101 Å². The lowest BCUT2D eigenvalue weighted by atomic mass is 10.0. The van der Waals surface area contributed by atoms with Crippen molar-refractivity contribution in [1.29, 1.82) is 0 Å². The zero-order valence-electron chi connectivity index (χ0n) is 33.3. The number of hydrogen-bond donors (Lipinski definition) is 2. The van der Waals surface area contributed by atoms with E-state index in [1.54, 1.807) is 29.2 Å². The highest BCUT2D eigenvalue weighted by molar-refractivity contribution is 6.34. The van der Waals surface area contributed by atoms with Crippen molar-refractivity contribution in [2.45, 2.75) is 85.6 Å². The SMILES string of the molecule is CCCCC(CC)COc1ccc(C2=NC3=NC(c4ccc(OCC(CC)CCCC)cc4O)=NC4=NC(c5cccn5Cc5ccccc5)=NC(=N2)N34)c(O)c1. The Kier molecular flexibility index (Phi) is 12.6. The first kappa shape index (κ1) is 39.2. The molecule has 12 heteroatoms. The van der Waals surface area contributed by atoms with E-state index < -0.39 is 0 Å². The van der Waals surface area contributed by atoms with Crippen molar-refractivity contribution in [3.63, 3.8) is 0 Å². The van der Waals surface area contributed by atoms with Gasteiger partial charge in [0.1, 0.15) is 23.0 Å². The van der Waals surface area contributed by atoms with Crippen molar-refractivity contribution < 1.29 is 19.7 Å². The molecule has 57 heavy (non-hydrogen) atoms. The topological polar surface area (TPSA) is 141 Å². The fraction of sp³-hybridized carbons (Fsp3) is 0.378. The molecule has 0 saturated heterocycles. The van der Waals surface area contributed by atoms with Crippen molar-refractivity contribution in [1.82, 2.24) is 9.47 Å². The van der Waals surface area contributed by atoms with Crippen molar-refractivity contribution in [3.8, 4) is 23.0 Å². The Morgan fingerprint density at radius 3 is 1.58 bits per heavy atom. The van der Waals surface area contributed by atoms with Gasteiger partial charge < -0.3 is 24.3 Å². The number of hydrogen-bond acceptors (Lipinski definition) is 11. The van der Waals surface area contributed by atoms with E-state index in [2.05, 4.69) is 44.4 Å². The first-order valence-electron chi connectivity index (χ1n) is 20.3. The smallest absolute Gasteiger partial charge is 0.243 e. The molecular formula is C45H52N8O4. The standard InChI is InChI=1S/C45H52N8O4/c1-5-9-15-30(7-3)28-56-33-20-22-35(38(54)25-33)40-46-43-47-41(36-23-21-34(26-39(36)55)57-29-31(8-4)16-10-6-2)49-45-51-42(50-44(48-40)53(43)45)37-19-14-24-52(37)27-32-17-12-11-13-18-32/h11-14,17-26,30-31,54-55H,5-10,15-16,27-29H2,1-4H3. The molecule has 0 aliphatic carbocycles. The van der Waals surface area contributed by atoms with Gasteiger partial charge in [0.15, 0.2) is 17.5 Å². The van der Waals surface area contributed by atoms with Gasteiger partial charge in [-0.2, -0.15) is 30.0 Å². The molecule has 3 aliphatic rings. The maximum absolute atomic E-state index is 11.3. The summed E-state index contributed by atoms with van der Waals surface area (Å²) in [7, 11) is 0. The molecule has 0 amide bonds. The van der Waals surface area contributed by atoms with Gasteiger partial charge in [0.25, 0.3) is 0 Å². The molecule has 0 radical (unpaired) electrons. The second-order valence-electron chi connectivity index (χ2n) is 14.7. The number of phenols is 2. The van der Waals surface area contributed by atoms with Gasteiger partial charge in [0.05, 0.1) is 30.0 Å². The third-order valence-electron chi connectivity index (χ3n) is 10.6. The number of aromatic hydroxyl groups is 2. The summed E-state index contributed by atoms with van der Waals surface area (Å²) in [5.41, 5.74) is 2.67.